The lowest BCUT2D eigenvalue weighted by Gasteiger charge is -2.28. The van der Waals surface area contributed by atoms with Crippen LogP contribution in [0.15, 0.2) is 180 Å². The van der Waals surface area contributed by atoms with Crippen LogP contribution in [0.3, 0.4) is 0 Å². The van der Waals surface area contributed by atoms with E-state index in [1.807, 2.05) is 11.3 Å². The van der Waals surface area contributed by atoms with Crippen molar-refractivity contribution in [2.75, 3.05) is 4.90 Å². The summed E-state index contributed by atoms with van der Waals surface area (Å²) in [7, 11) is 0. The third-order valence-corrected chi connectivity index (χ3v) is 13.4. The summed E-state index contributed by atoms with van der Waals surface area (Å²) in [6.45, 7) is 4.70. The molecule has 0 saturated heterocycles. The molecule has 9 aromatic carbocycles. The van der Waals surface area contributed by atoms with Crippen molar-refractivity contribution in [2.24, 2.45) is 0 Å². The first-order chi connectivity index (χ1) is 27.5. The Morgan fingerprint density at radius 1 is 0.446 bits per heavy atom. The number of thiophene rings is 1. The number of rotatable bonds is 4. The van der Waals surface area contributed by atoms with Crippen molar-refractivity contribution < 1.29 is 4.42 Å². The van der Waals surface area contributed by atoms with Crippen molar-refractivity contribution in [3.8, 4) is 22.3 Å². The Morgan fingerprint density at radius 3 is 2.02 bits per heavy atom. The summed E-state index contributed by atoms with van der Waals surface area (Å²) in [6.07, 6.45) is 0. The van der Waals surface area contributed by atoms with Gasteiger partial charge in [-0.15, -0.1) is 11.3 Å². The highest BCUT2D eigenvalue weighted by molar-refractivity contribution is 7.26. The Bertz CT molecular complexity index is 3420. The minimum absolute atomic E-state index is 0.134. The first-order valence-corrected chi connectivity index (χ1v) is 20.2. The normalized spacial score (nSPS) is 13.3. The minimum Gasteiger partial charge on any atom is -0.453 e. The van der Waals surface area contributed by atoms with Crippen LogP contribution in [-0.4, -0.2) is 0 Å². The molecule has 0 bridgehead atoms. The fourth-order valence-corrected chi connectivity index (χ4v) is 10.8. The number of para-hydroxylation sites is 1. The number of nitrogens with zero attached hydrogens (tertiary/aromatic N) is 1. The van der Waals surface area contributed by atoms with Gasteiger partial charge in [-0.25, -0.2) is 0 Å². The zero-order valence-corrected chi connectivity index (χ0v) is 31.8. The molecule has 3 heteroatoms. The van der Waals surface area contributed by atoms with E-state index in [1.165, 1.54) is 69.5 Å². The highest BCUT2D eigenvalue weighted by Gasteiger charge is 2.36. The van der Waals surface area contributed by atoms with Gasteiger partial charge in [-0.3, -0.25) is 0 Å². The van der Waals surface area contributed by atoms with E-state index in [0.29, 0.717) is 0 Å². The summed E-state index contributed by atoms with van der Waals surface area (Å²) in [5, 5.41) is 9.62. The molecule has 11 aromatic rings. The lowest BCUT2D eigenvalue weighted by molar-refractivity contribution is 0.660. The van der Waals surface area contributed by atoms with Crippen molar-refractivity contribution in [2.45, 2.75) is 19.3 Å². The second kappa shape index (κ2) is 11.7. The van der Waals surface area contributed by atoms with Gasteiger partial charge in [0.15, 0.2) is 5.58 Å². The van der Waals surface area contributed by atoms with Crippen LogP contribution in [0, 0.1) is 0 Å². The van der Waals surface area contributed by atoms with Gasteiger partial charge in [-0.2, -0.15) is 0 Å². The molecular formula is C53H35NOS. The lowest BCUT2D eigenvalue weighted by Crippen LogP contribution is -2.16. The van der Waals surface area contributed by atoms with Crippen molar-refractivity contribution in [3.05, 3.63) is 187 Å². The second-order valence-electron chi connectivity index (χ2n) is 15.7. The molecule has 0 fully saturated rings. The first kappa shape index (κ1) is 31.6. The van der Waals surface area contributed by atoms with Crippen LogP contribution in [0.2, 0.25) is 0 Å². The van der Waals surface area contributed by atoms with Gasteiger partial charge < -0.3 is 9.32 Å². The molecule has 2 aromatic heterocycles. The molecule has 0 N–H and O–H groups in total. The van der Waals surface area contributed by atoms with E-state index < -0.39 is 0 Å². The average molecular weight is 734 g/mol. The zero-order valence-electron chi connectivity index (χ0n) is 31.0. The van der Waals surface area contributed by atoms with Crippen molar-refractivity contribution in [3.63, 3.8) is 0 Å². The van der Waals surface area contributed by atoms with Gasteiger partial charge in [0, 0.05) is 58.9 Å². The molecule has 0 aliphatic heterocycles. The topological polar surface area (TPSA) is 16.4 Å². The largest absolute Gasteiger partial charge is 0.453 e. The van der Waals surface area contributed by atoms with Crippen LogP contribution >= 0.6 is 11.3 Å². The smallest absolute Gasteiger partial charge is 0.159 e. The molecule has 2 nitrogen and oxygen atoms in total. The van der Waals surface area contributed by atoms with Gasteiger partial charge in [0.25, 0.3) is 0 Å². The van der Waals surface area contributed by atoms with Gasteiger partial charge in [0.05, 0.1) is 5.69 Å². The highest BCUT2D eigenvalue weighted by Crippen LogP contribution is 2.52. The Balaban J connectivity index is 1.15. The molecule has 264 valence electrons. The Labute approximate surface area is 328 Å². The summed E-state index contributed by atoms with van der Waals surface area (Å²) < 4.78 is 9.94. The van der Waals surface area contributed by atoms with E-state index >= 15 is 0 Å². The minimum atomic E-state index is -0.134. The molecule has 56 heavy (non-hydrogen) atoms. The van der Waals surface area contributed by atoms with Gasteiger partial charge in [-0.1, -0.05) is 147 Å². The van der Waals surface area contributed by atoms with Gasteiger partial charge >= 0.3 is 0 Å². The molecule has 2 heterocycles. The van der Waals surface area contributed by atoms with Crippen LogP contribution in [0.5, 0.6) is 0 Å². The average Bonchev–Trinajstić information content (AvgIpc) is 3.88. The monoisotopic (exact) mass is 733 g/mol. The number of hydrogen-bond donors (Lipinski definition) is 0. The third kappa shape index (κ3) is 4.43. The van der Waals surface area contributed by atoms with E-state index in [2.05, 4.69) is 195 Å². The summed E-state index contributed by atoms with van der Waals surface area (Å²) in [4.78, 5) is 2.41. The van der Waals surface area contributed by atoms with Crippen LogP contribution in [0.4, 0.5) is 17.1 Å². The predicted octanol–water partition coefficient (Wildman–Crippen LogP) is 15.7. The maximum absolute atomic E-state index is 7.36. The molecule has 0 unspecified atom stereocenters. The maximum Gasteiger partial charge on any atom is 0.159 e. The Hall–Kier alpha value is -6.68. The van der Waals surface area contributed by atoms with Crippen LogP contribution in [-0.2, 0) is 5.41 Å². The maximum atomic E-state index is 7.36. The molecule has 1 aliphatic rings. The van der Waals surface area contributed by atoms with Crippen molar-refractivity contribution in [1.29, 1.82) is 0 Å². The van der Waals surface area contributed by atoms with Crippen molar-refractivity contribution in [1.82, 2.24) is 0 Å². The Kier molecular flexibility index (Phi) is 6.59. The number of fused-ring (bicyclic) bond motifs is 11. The predicted molar refractivity (Wildman–Crippen MR) is 239 cm³/mol. The first-order valence-electron chi connectivity index (χ1n) is 19.3. The SMILES string of the molecule is CC1(C)c2ccccc2-c2ccc(N(c3ccc4ccccc4c3)c3cccc4c3oc3c(-c5cccc6c5sc5ccccc56)c5ccccc5cc34)cc21. The summed E-state index contributed by atoms with van der Waals surface area (Å²) in [5.41, 5.74) is 12.6. The molecular weight excluding hydrogens is 699 g/mol. The standard InChI is InChI=1S/C53H35NOS/c1-53(2)45-22-9-7-17-38(45)39-28-27-36(31-46(39)53)54(35-26-25-32-13-3-4-14-33(32)29-35)47-23-12-19-41-44-30-34-15-5-6-16-37(34)49(51(44)55-50(41)47)43-21-11-20-42-40-18-8-10-24-48(40)56-52(42)43/h3-31H,1-2H3. The quantitative estimate of drug-likeness (QED) is 0.179. The summed E-state index contributed by atoms with van der Waals surface area (Å²) >= 11 is 1.87. The van der Waals surface area contributed by atoms with Gasteiger partial charge in [0.1, 0.15) is 5.58 Å². The fourth-order valence-electron chi connectivity index (χ4n) is 9.54. The molecule has 0 radical (unpaired) electrons. The molecule has 0 saturated carbocycles. The van der Waals surface area contributed by atoms with E-state index in [0.717, 1.165) is 44.6 Å². The summed E-state index contributed by atoms with van der Waals surface area (Å²) in [6, 6.07) is 64.5. The second-order valence-corrected chi connectivity index (χ2v) is 16.7. The lowest BCUT2D eigenvalue weighted by atomic mass is 9.82. The molecule has 0 atom stereocenters. The van der Waals surface area contributed by atoms with Gasteiger partial charge in [0.2, 0.25) is 0 Å². The van der Waals surface area contributed by atoms with E-state index in [4.69, 9.17) is 4.42 Å². The van der Waals surface area contributed by atoms with Crippen LogP contribution < -0.4 is 4.90 Å². The Morgan fingerprint density at radius 2 is 1.11 bits per heavy atom. The zero-order chi connectivity index (χ0) is 37.1. The molecule has 0 amide bonds. The number of benzene rings is 9. The van der Waals surface area contributed by atoms with E-state index in [-0.39, 0.29) is 5.41 Å². The van der Waals surface area contributed by atoms with Gasteiger partial charge in [-0.05, 0) is 86.3 Å². The third-order valence-electron chi connectivity index (χ3n) is 12.2. The molecule has 12 rings (SSSR count). The number of anilines is 3. The summed E-state index contributed by atoms with van der Waals surface area (Å²) in [5.74, 6) is 0. The molecule has 1 aliphatic carbocycles. The van der Waals surface area contributed by atoms with E-state index in [9.17, 15) is 0 Å². The van der Waals surface area contributed by atoms with Crippen molar-refractivity contribution >= 4 is 92.1 Å². The van der Waals surface area contributed by atoms with E-state index in [1.54, 1.807) is 0 Å². The van der Waals surface area contributed by atoms with Crippen LogP contribution in [0.25, 0.3) is 85.9 Å². The van der Waals surface area contributed by atoms with Crippen LogP contribution in [0.1, 0.15) is 25.0 Å². The number of hydrogen-bond acceptors (Lipinski definition) is 3. The number of furan rings is 1. The molecule has 0 spiro atoms. The fraction of sp³-hybridized carbons (Fsp3) is 0.0566. The highest BCUT2D eigenvalue weighted by atomic mass is 32.1.